The minimum absolute atomic E-state index is 0.180. The van der Waals surface area contributed by atoms with Gasteiger partial charge in [0.25, 0.3) is 0 Å². The quantitative estimate of drug-likeness (QED) is 0.321. The van der Waals surface area contributed by atoms with Crippen molar-refractivity contribution in [3.05, 3.63) is 12.2 Å². The van der Waals surface area contributed by atoms with Crippen LogP contribution in [0.1, 0.15) is 71.1 Å². The van der Waals surface area contributed by atoms with Gasteiger partial charge >= 0.3 is 0 Å². The van der Waals surface area contributed by atoms with E-state index in [-0.39, 0.29) is 6.10 Å². The van der Waals surface area contributed by atoms with Gasteiger partial charge < -0.3 is 29.9 Å². The van der Waals surface area contributed by atoms with Gasteiger partial charge in [0.05, 0.1) is 12.7 Å². The lowest BCUT2D eigenvalue weighted by molar-refractivity contribution is -0.311. The molecule has 1 aliphatic heterocycles. The third-order valence-electron chi connectivity index (χ3n) is 5.81. The Morgan fingerprint density at radius 2 is 1.67 bits per heavy atom. The van der Waals surface area contributed by atoms with E-state index in [2.05, 4.69) is 13.0 Å². The molecule has 6 heteroatoms. The van der Waals surface area contributed by atoms with Crippen molar-refractivity contribution in [2.24, 2.45) is 5.92 Å². The van der Waals surface area contributed by atoms with Gasteiger partial charge in [0.1, 0.15) is 24.4 Å². The summed E-state index contributed by atoms with van der Waals surface area (Å²) in [5.41, 5.74) is 0. The summed E-state index contributed by atoms with van der Waals surface area (Å²) in [6.45, 7) is 1.79. The third-order valence-corrected chi connectivity index (χ3v) is 5.81. The molecule has 2 aliphatic rings. The summed E-state index contributed by atoms with van der Waals surface area (Å²) < 4.78 is 11.5. The maximum atomic E-state index is 10.2. The van der Waals surface area contributed by atoms with Crippen LogP contribution in [0.2, 0.25) is 0 Å². The normalized spacial score (nSPS) is 36.9. The van der Waals surface area contributed by atoms with Crippen LogP contribution in [0, 0.1) is 5.92 Å². The highest BCUT2D eigenvalue weighted by molar-refractivity contribution is 5.00. The first-order valence-corrected chi connectivity index (χ1v) is 10.7. The van der Waals surface area contributed by atoms with Crippen LogP contribution in [-0.2, 0) is 9.47 Å². The predicted octanol–water partition coefficient (Wildman–Crippen LogP) is 2.28. The SMILES string of the molecule is CCCCCCCCC[C@H]1CCC=C[C@@H]1O[C@@H]1O[C@H](CO)[C@@H](O)[C@H](O)[C@H]1O. The number of rotatable bonds is 11. The second kappa shape index (κ2) is 12.1. The highest BCUT2D eigenvalue weighted by Gasteiger charge is 2.45. The Hall–Kier alpha value is -0.500. The molecule has 0 aromatic heterocycles. The summed E-state index contributed by atoms with van der Waals surface area (Å²) >= 11 is 0. The fourth-order valence-corrected chi connectivity index (χ4v) is 4.03. The number of ether oxygens (including phenoxy) is 2. The first-order valence-electron chi connectivity index (χ1n) is 10.7. The third kappa shape index (κ3) is 6.80. The Kier molecular flexibility index (Phi) is 10.2. The zero-order valence-electron chi connectivity index (χ0n) is 16.6. The fraction of sp³-hybridized carbons (Fsp3) is 0.905. The zero-order valence-corrected chi connectivity index (χ0v) is 16.6. The van der Waals surface area contributed by atoms with Gasteiger partial charge in [-0.25, -0.2) is 0 Å². The second-order valence-corrected chi connectivity index (χ2v) is 7.97. The Morgan fingerprint density at radius 3 is 2.37 bits per heavy atom. The van der Waals surface area contributed by atoms with E-state index in [9.17, 15) is 20.4 Å². The van der Waals surface area contributed by atoms with Crippen LogP contribution in [0.25, 0.3) is 0 Å². The van der Waals surface area contributed by atoms with Crippen LogP contribution < -0.4 is 0 Å². The molecule has 0 unspecified atom stereocenters. The molecule has 0 radical (unpaired) electrons. The van der Waals surface area contributed by atoms with Crippen molar-refractivity contribution in [2.45, 2.75) is 108 Å². The molecule has 1 fully saturated rings. The van der Waals surface area contributed by atoms with E-state index in [1.807, 2.05) is 6.08 Å². The summed E-state index contributed by atoms with van der Waals surface area (Å²) in [6, 6.07) is 0. The number of hydrogen-bond acceptors (Lipinski definition) is 6. The van der Waals surface area contributed by atoms with E-state index in [0.29, 0.717) is 5.92 Å². The molecule has 0 saturated carbocycles. The molecule has 7 atom stereocenters. The zero-order chi connectivity index (χ0) is 19.6. The lowest BCUT2D eigenvalue weighted by atomic mass is 9.86. The Labute approximate surface area is 163 Å². The number of hydrogen-bond donors (Lipinski definition) is 4. The first-order chi connectivity index (χ1) is 13.1. The van der Waals surface area contributed by atoms with Gasteiger partial charge in [0.2, 0.25) is 0 Å². The first kappa shape index (κ1) is 22.8. The van der Waals surface area contributed by atoms with E-state index in [0.717, 1.165) is 19.3 Å². The molecule has 0 amide bonds. The van der Waals surface area contributed by atoms with Crippen molar-refractivity contribution in [1.82, 2.24) is 0 Å². The number of aliphatic hydroxyl groups is 4. The standard InChI is InChI=1S/C21H38O6/c1-2-3-4-5-6-7-8-11-15-12-9-10-13-16(15)26-21-20(25)19(24)18(23)17(14-22)27-21/h10,13,15-25H,2-9,11-12,14H2,1H3/t15-,16-,17+,18+,19-,20+,21+/m0/s1. The largest absolute Gasteiger partial charge is 0.394 e. The molecule has 0 aromatic rings. The molecular formula is C21H38O6. The summed E-state index contributed by atoms with van der Waals surface area (Å²) in [4.78, 5) is 0. The Morgan fingerprint density at radius 1 is 0.963 bits per heavy atom. The van der Waals surface area contributed by atoms with E-state index >= 15 is 0 Å². The summed E-state index contributed by atoms with van der Waals surface area (Å²) in [7, 11) is 0. The van der Waals surface area contributed by atoms with Crippen molar-refractivity contribution in [3.63, 3.8) is 0 Å². The average molecular weight is 387 g/mol. The number of unbranched alkanes of at least 4 members (excludes halogenated alkanes) is 6. The van der Waals surface area contributed by atoms with E-state index in [4.69, 9.17) is 9.47 Å². The number of allylic oxidation sites excluding steroid dienone is 1. The van der Waals surface area contributed by atoms with E-state index in [1.165, 1.54) is 44.9 Å². The topological polar surface area (TPSA) is 99.4 Å². The highest BCUT2D eigenvalue weighted by Crippen LogP contribution is 2.31. The minimum Gasteiger partial charge on any atom is -0.394 e. The maximum Gasteiger partial charge on any atom is 0.187 e. The van der Waals surface area contributed by atoms with Gasteiger partial charge in [-0.2, -0.15) is 0 Å². The molecule has 0 bridgehead atoms. The van der Waals surface area contributed by atoms with Crippen molar-refractivity contribution in [2.75, 3.05) is 6.61 Å². The lowest BCUT2D eigenvalue weighted by Gasteiger charge is -2.42. The number of aliphatic hydroxyl groups excluding tert-OH is 4. The fourth-order valence-electron chi connectivity index (χ4n) is 4.03. The van der Waals surface area contributed by atoms with Crippen molar-refractivity contribution in [3.8, 4) is 0 Å². The van der Waals surface area contributed by atoms with Gasteiger partial charge in [-0.3, -0.25) is 0 Å². The minimum atomic E-state index is -1.39. The van der Waals surface area contributed by atoms with Gasteiger partial charge in [0, 0.05) is 0 Å². The van der Waals surface area contributed by atoms with Crippen molar-refractivity contribution < 1.29 is 29.9 Å². The van der Waals surface area contributed by atoms with Crippen LogP contribution in [0.5, 0.6) is 0 Å². The van der Waals surface area contributed by atoms with Gasteiger partial charge in [-0.05, 0) is 25.2 Å². The van der Waals surface area contributed by atoms with Crippen LogP contribution in [-0.4, -0.2) is 63.8 Å². The van der Waals surface area contributed by atoms with E-state index < -0.39 is 37.3 Å². The van der Waals surface area contributed by atoms with Crippen LogP contribution in [0.4, 0.5) is 0 Å². The molecule has 1 aliphatic carbocycles. The van der Waals surface area contributed by atoms with Gasteiger partial charge in [-0.15, -0.1) is 0 Å². The molecule has 27 heavy (non-hydrogen) atoms. The van der Waals surface area contributed by atoms with E-state index in [1.54, 1.807) is 0 Å². The molecule has 1 saturated heterocycles. The van der Waals surface area contributed by atoms with Crippen molar-refractivity contribution in [1.29, 1.82) is 0 Å². The molecular weight excluding hydrogens is 348 g/mol. The average Bonchev–Trinajstić information content (AvgIpc) is 2.68. The summed E-state index contributed by atoms with van der Waals surface area (Å²) in [5.74, 6) is 0.359. The predicted molar refractivity (Wildman–Crippen MR) is 103 cm³/mol. The van der Waals surface area contributed by atoms with Crippen LogP contribution >= 0.6 is 0 Å². The molecule has 4 N–H and O–H groups in total. The molecule has 6 nitrogen and oxygen atoms in total. The molecule has 1 heterocycles. The van der Waals surface area contributed by atoms with Crippen molar-refractivity contribution >= 4 is 0 Å². The van der Waals surface area contributed by atoms with Crippen LogP contribution in [0.15, 0.2) is 12.2 Å². The molecule has 2 rings (SSSR count). The lowest BCUT2D eigenvalue weighted by Crippen LogP contribution is -2.59. The maximum absolute atomic E-state index is 10.2. The monoisotopic (exact) mass is 386 g/mol. The Balaban J connectivity index is 1.80. The molecule has 0 spiro atoms. The van der Waals surface area contributed by atoms with Crippen LogP contribution in [0.3, 0.4) is 0 Å². The second-order valence-electron chi connectivity index (χ2n) is 7.97. The van der Waals surface area contributed by atoms with Gasteiger partial charge in [0.15, 0.2) is 6.29 Å². The summed E-state index contributed by atoms with van der Waals surface area (Å²) in [6.07, 6.45) is 9.88. The Bertz CT molecular complexity index is 427. The molecule has 158 valence electrons. The smallest absolute Gasteiger partial charge is 0.187 e. The van der Waals surface area contributed by atoms with Gasteiger partial charge in [-0.1, -0.05) is 64.0 Å². The highest BCUT2D eigenvalue weighted by atomic mass is 16.7. The summed E-state index contributed by atoms with van der Waals surface area (Å²) in [5, 5.41) is 39.3. The molecule has 0 aromatic carbocycles.